The van der Waals surface area contributed by atoms with Crippen molar-refractivity contribution in [1.29, 1.82) is 0 Å². The summed E-state index contributed by atoms with van der Waals surface area (Å²) >= 11 is 0. The largest absolute Gasteiger partial charge is 0.491 e. The highest BCUT2D eigenvalue weighted by Crippen LogP contribution is 2.22. The molecule has 0 saturated heterocycles. The van der Waals surface area contributed by atoms with E-state index in [0.717, 1.165) is 16.9 Å². The van der Waals surface area contributed by atoms with E-state index < -0.39 is 6.10 Å². The van der Waals surface area contributed by atoms with E-state index in [4.69, 9.17) is 4.74 Å². The summed E-state index contributed by atoms with van der Waals surface area (Å²) < 4.78 is 20.5. The molecule has 0 aliphatic carbocycles. The first kappa shape index (κ1) is 16.5. The molecule has 1 heterocycles. The number of aliphatic hydroxyl groups is 1. The molecule has 0 amide bonds. The first-order valence-corrected chi connectivity index (χ1v) is 8.06. The maximum atomic E-state index is 12.9. The van der Waals surface area contributed by atoms with Crippen LogP contribution in [0.25, 0.3) is 11.0 Å². The number of halogens is 1. The van der Waals surface area contributed by atoms with E-state index in [1.165, 1.54) is 12.1 Å². The van der Waals surface area contributed by atoms with Crippen LogP contribution < -0.4 is 4.74 Å². The third-order valence-electron chi connectivity index (χ3n) is 3.85. The van der Waals surface area contributed by atoms with Gasteiger partial charge in [0, 0.05) is 5.92 Å². The molecule has 24 heavy (non-hydrogen) atoms. The van der Waals surface area contributed by atoms with E-state index in [0.29, 0.717) is 12.3 Å². The molecular weight excluding hydrogens is 307 g/mol. The third kappa shape index (κ3) is 3.57. The number of aromatic nitrogens is 2. The lowest BCUT2D eigenvalue weighted by Gasteiger charge is -2.17. The van der Waals surface area contributed by atoms with Gasteiger partial charge in [-0.3, -0.25) is 0 Å². The Morgan fingerprint density at radius 1 is 1.12 bits per heavy atom. The van der Waals surface area contributed by atoms with E-state index >= 15 is 0 Å². The van der Waals surface area contributed by atoms with Crippen molar-refractivity contribution in [1.82, 2.24) is 9.55 Å². The lowest BCUT2D eigenvalue weighted by atomic mass is 10.2. The van der Waals surface area contributed by atoms with Crippen LogP contribution in [-0.2, 0) is 6.54 Å². The lowest BCUT2D eigenvalue weighted by molar-refractivity contribution is 0.0925. The van der Waals surface area contributed by atoms with Crippen LogP contribution in [0.1, 0.15) is 25.6 Å². The summed E-state index contributed by atoms with van der Waals surface area (Å²) in [6.45, 7) is 4.70. The second-order valence-corrected chi connectivity index (χ2v) is 6.14. The van der Waals surface area contributed by atoms with Crippen molar-refractivity contribution in [2.24, 2.45) is 0 Å². The van der Waals surface area contributed by atoms with E-state index in [-0.39, 0.29) is 18.3 Å². The van der Waals surface area contributed by atoms with Gasteiger partial charge in [0.25, 0.3) is 0 Å². The maximum absolute atomic E-state index is 12.9. The average Bonchev–Trinajstić information content (AvgIpc) is 2.93. The highest BCUT2D eigenvalue weighted by molar-refractivity contribution is 5.76. The molecule has 4 nitrogen and oxygen atoms in total. The fourth-order valence-electron chi connectivity index (χ4n) is 2.71. The Kier molecular flexibility index (Phi) is 4.81. The second-order valence-electron chi connectivity index (χ2n) is 6.14. The fourth-order valence-corrected chi connectivity index (χ4v) is 2.71. The molecule has 5 heteroatoms. The zero-order chi connectivity index (χ0) is 17.1. The normalized spacial score (nSPS) is 12.7. The molecule has 0 spiro atoms. The molecule has 1 N–H and O–H groups in total. The Labute approximate surface area is 140 Å². The Morgan fingerprint density at radius 3 is 2.54 bits per heavy atom. The number of rotatable bonds is 6. The third-order valence-corrected chi connectivity index (χ3v) is 3.85. The molecule has 0 aliphatic heterocycles. The summed E-state index contributed by atoms with van der Waals surface area (Å²) in [6, 6.07) is 13.7. The van der Waals surface area contributed by atoms with Gasteiger partial charge in [0.1, 0.15) is 30.1 Å². The minimum atomic E-state index is -0.690. The van der Waals surface area contributed by atoms with Crippen molar-refractivity contribution in [3.8, 4) is 5.75 Å². The lowest BCUT2D eigenvalue weighted by Crippen LogP contribution is -2.24. The fraction of sp³-hybridized carbons (Fsp3) is 0.316. The number of benzene rings is 2. The van der Waals surface area contributed by atoms with Crippen LogP contribution in [0.2, 0.25) is 0 Å². The average molecular weight is 328 g/mol. The number of ether oxygens (including phenoxy) is 1. The Morgan fingerprint density at radius 2 is 1.83 bits per heavy atom. The minimum Gasteiger partial charge on any atom is -0.491 e. The van der Waals surface area contributed by atoms with Crippen LogP contribution in [0.15, 0.2) is 48.5 Å². The zero-order valence-electron chi connectivity index (χ0n) is 13.8. The quantitative estimate of drug-likeness (QED) is 0.750. The van der Waals surface area contributed by atoms with Crippen LogP contribution in [-0.4, -0.2) is 27.4 Å². The molecule has 0 aliphatic rings. The van der Waals surface area contributed by atoms with Crippen molar-refractivity contribution < 1.29 is 14.2 Å². The summed E-state index contributed by atoms with van der Waals surface area (Å²) in [5, 5.41) is 10.4. The van der Waals surface area contributed by atoms with Crippen LogP contribution >= 0.6 is 0 Å². The van der Waals surface area contributed by atoms with Gasteiger partial charge in [-0.05, 0) is 36.4 Å². The molecule has 0 bridgehead atoms. The zero-order valence-corrected chi connectivity index (χ0v) is 13.8. The number of aliphatic hydroxyl groups excluding tert-OH is 1. The minimum absolute atomic E-state index is 0.135. The molecule has 3 aromatic rings. The summed E-state index contributed by atoms with van der Waals surface area (Å²) in [6.07, 6.45) is -0.690. The smallest absolute Gasteiger partial charge is 0.123 e. The molecule has 1 aromatic heterocycles. The number of nitrogens with zero attached hydrogens (tertiary/aromatic N) is 2. The SMILES string of the molecule is CC(C)c1nc2ccccc2n1CC(O)COc1ccc(F)cc1. The van der Waals surface area contributed by atoms with Crippen LogP contribution in [0.5, 0.6) is 5.75 Å². The van der Waals surface area contributed by atoms with Gasteiger partial charge >= 0.3 is 0 Å². The van der Waals surface area contributed by atoms with Crippen LogP contribution in [0.4, 0.5) is 4.39 Å². The van der Waals surface area contributed by atoms with Crippen molar-refractivity contribution in [3.63, 3.8) is 0 Å². The summed E-state index contributed by atoms with van der Waals surface area (Å²) in [4.78, 5) is 4.66. The first-order chi connectivity index (χ1) is 11.5. The monoisotopic (exact) mass is 328 g/mol. The molecule has 1 unspecified atom stereocenters. The van der Waals surface area contributed by atoms with Gasteiger partial charge in [-0.2, -0.15) is 0 Å². The highest BCUT2D eigenvalue weighted by atomic mass is 19.1. The molecule has 0 saturated carbocycles. The summed E-state index contributed by atoms with van der Waals surface area (Å²) in [7, 11) is 0. The molecule has 0 radical (unpaired) electrons. The molecular formula is C19H21FN2O2. The highest BCUT2D eigenvalue weighted by Gasteiger charge is 2.16. The Balaban J connectivity index is 1.73. The van der Waals surface area contributed by atoms with Gasteiger partial charge in [-0.15, -0.1) is 0 Å². The van der Waals surface area contributed by atoms with Crippen molar-refractivity contribution >= 4 is 11.0 Å². The number of hydrogen-bond donors (Lipinski definition) is 1. The number of fused-ring (bicyclic) bond motifs is 1. The summed E-state index contributed by atoms with van der Waals surface area (Å²) in [5.74, 6) is 1.42. The standard InChI is InChI=1S/C19H21FN2O2/c1-13(2)19-21-17-5-3-4-6-18(17)22(19)11-15(23)12-24-16-9-7-14(20)8-10-16/h3-10,13,15,23H,11-12H2,1-2H3. The topological polar surface area (TPSA) is 47.3 Å². The van der Waals surface area contributed by atoms with Crippen molar-refractivity contribution in [2.45, 2.75) is 32.4 Å². The molecule has 2 aromatic carbocycles. The first-order valence-electron chi connectivity index (χ1n) is 8.06. The molecule has 126 valence electrons. The van der Waals surface area contributed by atoms with E-state index in [1.54, 1.807) is 12.1 Å². The van der Waals surface area contributed by atoms with Crippen LogP contribution in [0.3, 0.4) is 0 Å². The molecule has 1 atom stereocenters. The van der Waals surface area contributed by atoms with Gasteiger partial charge in [-0.25, -0.2) is 9.37 Å². The van der Waals surface area contributed by atoms with E-state index in [2.05, 4.69) is 18.8 Å². The van der Waals surface area contributed by atoms with Gasteiger partial charge in [-0.1, -0.05) is 26.0 Å². The van der Waals surface area contributed by atoms with Crippen molar-refractivity contribution in [2.75, 3.05) is 6.61 Å². The van der Waals surface area contributed by atoms with E-state index in [1.807, 2.05) is 28.8 Å². The number of hydrogen-bond acceptors (Lipinski definition) is 3. The predicted octanol–water partition coefficient (Wildman–Crippen LogP) is 3.74. The van der Waals surface area contributed by atoms with Gasteiger partial charge < -0.3 is 14.4 Å². The van der Waals surface area contributed by atoms with Gasteiger partial charge in [0.2, 0.25) is 0 Å². The van der Waals surface area contributed by atoms with Gasteiger partial charge in [0.05, 0.1) is 17.6 Å². The van der Waals surface area contributed by atoms with E-state index in [9.17, 15) is 9.50 Å². The summed E-state index contributed by atoms with van der Waals surface area (Å²) in [5.41, 5.74) is 1.93. The van der Waals surface area contributed by atoms with Crippen LogP contribution in [0, 0.1) is 5.82 Å². The number of para-hydroxylation sites is 2. The molecule has 0 fully saturated rings. The maximum Gasteiger partial charge on any atom is 0.123 e. The Hall–Kier alpha value is -2.40. The number of imidazole rings is 1. The van der Waals surface area contributed by atoms with Crippen molar-refractivity contribution in [3.05, 3.63) is 60.2 Å². The van der Waals surface area contributed by atoms with Gasteiger partial charge in [0.15, 0.2) is 0 Å². The molecule has 3 rings (SSSR count). The predicted molar refractivity (Wildman–Crippen MR) is 91.7 cm³/mol. The second kappa shape index (κ2) is 7.01. The Bertz CT molecular complexity index is 812.